The molecule has 0 saturated heterocycles. The molecule has 1 rings (SSSR count). The molecule has 0 unspecified atom stereocenters. The summed E-state index contributed by atoms with van der Waals surface area (Å²) in [4.78, 5) is 0. The Bertz CT molecular complexity index is 529. The Morgan fingerprint density at radius 2 is 1.33 bits per heavy atom. The number of rotatable bonds is 13. The standard InChI is InChI=1S/C19H32O3S.Na/c1-2-3-4-5-6-7-8-12-18-14-11-15-19(17-18)13-9-10-16-23(20,21)22;/h11,14-15,17H,2-10,12-13,16H2,1H3,(H,20,21,22);/q;+1/p-1. The molecule has 1 aromatic carbocycles. The third-order valence-corrected chi connectivity index (χ3v) is 4.96. The van der Waals surface area contributed by atoms with Crippen LogP contribution in [0, 0.1) is 0 Å². The van der Waals surface area contributed by atoms with Crippen molar-refractivity contribution in [2.45, 2.75) is 77.6 Å². The summed E-state index contributed by atoms with van der Waals surface area (Å²) < 4.78 is 31.7. The molecule has 3 nitrogen and oxygen atoms in total. The molecule has 0 spiro atoms. The maximum atomic E-state index is 10.6. The Kier molecular flexibility index (Phi) is 14.4. The average Bonchev–Trinajstić information content (AvgIpc) is 2.50. The van der Waals surface area contributed by atoms with E-state index in [0.717, 1.165) is 19.3 Å². The minimum atomic E-state index is -4.06. The van der Waals surface area contributed by atoms with Gasteiger partial charge in [-0.05, 0) is 43.2 Å². The number of benzene rings is 1. The summed E-state index contributed by atoms with van der Waals surface area (Å²) >= 11 is 0. The van der Waals surface area contributed by atoms with Gasteiger partial charge in [-0.1, -0.05) is 69.7 Å². The monoisotopic (exact) mass is 362 g/mol. The van der Waals surface area contributed by atoms with E-state index in [4.69, 9.17) is 0 Å². The molecule has 0 N–H and O–H groups in total. The van der Waals surface area contributed by atoms with Crippen LogP contribution in [0.1, 0.15) is 75.8 Å². The van der Waals surface area contributed by atoms with E-state index in [2.05, 4.69) is 31.2 Å². The molecule has 0 radical (unpaired) electrons. The van der Waals surface area contributed by atoms with Crippen LogP contribution in [0.3, 0.4) is 0 Å². The van der Waals surface area contributed by atoms with Gasteiger partial charge in [-0.15, -0.1) is 0 Å². The van der Waals surface area contributed by atoms with Crippen molar-refractivity contribution in [2.75, 3.05) is 5.75 Å². The Morgan fingerprint density at radius 3 is 1.88 bits per heavy atom. The molecule has 1 aromatic rings. The second-order valence-electron chi connectivity index (χ2n) is 6.41. The predicted molar refractivity (Wildman–Crippen MR) is 95.6 cm³/mol. The molecular weight excluding hydrogens is 331 g/mol. The Labute approximate surface area is 170 Å². The van der Waals surface area contributed by atoms with Gasteiger partial charge in [-0.3, -0.25) is 0 Å². The van der Waals surface area contributed by atoms with E-state index in [9.17, 15) is 13.0 Å². The summed E-state index contributed by atoms with van der Waals surface area (Å²) in [5, 5.41) is 0. The van der Waals surface area contributed by atoms with Crippen LogP contribution in [-0.2, 0) is 23.0 Å². The number of hydrogen-bond donors (Lipinski definition) is 0. The van der Waals surface area contributed by atoms with Gasteiger partial charge in [0.1, 0.15) is 0 Å². The molecule has 0 aliphatic heterocycles. The fraction of sp³-hybridized carbons (Fsp3) is 0.684. The number of aryl methyl sites for hydroxylation is 2. The van der Waals surface area contributed by atoms with Gasteiger partial charge in [0.2, 0.25) is 0 Å². The van der Waals surface area contributed by atoms with Crippen LogP contribution in [0.4, 0.5) is 0 Å². The Balaban J connectivity index is 0.00000529. The number of unbranched alkanes of at least 4 members (excludes halogenated alkanes) is 7. The van der Waals surface area contributed by atoms with Gasteiger partial charge in [-0.25, -0.2) is 8.42 Å². The predicted octanol–water partition coefficient (Wildman–Crippen LogP) is 1.85. The summed E-state index contributed by atoms with van der Waals surface area (Å²) in [5.41, 5.74) is 2.61. The zero-order valence-electron chi connectivity index (χ0n) is 15.4. The van der Waals surface area contributed by atoms with Gasteiger partial charge in [-0.2, -0.15) is 0 Å². The topological polar surface area (TPSA) is 57.2 Å². The molecule has 0 fully saturated rings. The quantitative estimate of drug-likeness (QED) is 0.306. The first kappa shape index (κ1) is 24.1. The van der Waals surface area contributed by atoms with E-state index in [1.165, 1.54) is 56.1 Å². The minimum Gasteiger partial charge on any atom is -0.748 e. The maximum absolute atomic E-state index is 10.6. The molecule has 24 heavy (non-hydrogen) atoms. The van der Waals surface area contributed by atoms with Crippen LogP contribution in [-0.4, -0.2) is 18.7 Å². The fourth-order valence-corrected chi connectivity index (χ4v) is 3.39. The first-order chi connectivity index (χ1) is 11.0. The van der Waals surface area contributed by atoms with Crippen molar-refractivity contribution in [1.82, 2.24) is 0 Å². The largest absolute Gasteiger partial charge is 1.00 e. The molecule has 132 valence electrons. The van der Waals surface area contributed by atoms with Crippen LogP contribution in [0.25, 0.3) is 0 Å². The van der Waals surface area contributed by atoms with Gasteiger partial charge in [0.15, 0.2) is 0 Å². The van der Waals surface area contributed by atoms with Crippen molar-refractivity contribution < 1.29 is 42.5 Å². The smallest absolute Gasteiger partial charge is 0.748 e. The Hall–Kier alpha value is 0.130. The van der Waals surface area contributed by atoms with Gasteiger partial charge < -0.3 is 4.55 Å². The van der Waals surface area contributed by atoms with E-state index in [-0.39, 0.29) is 35.3 Å². The molecular formula is C19H31NaO3S. The van der Waals surface area contributed by atoms with Crippen molar-refractivity contribution in [1.29, 1.82) is 0 Å². The van der Waals surface area contributed by atoms with E-state index in [0.29, 0.717) is 6.42 Å². The normalized spacial score (nSPS) is 11.2. The van der Waals surface area contributed by atoms with E-state index >= 15 is 0 Å². The van der Waals surface area contributed by atoms with Crippen molar-refractivity contribution in [2.24, 2.45) is 0 Å². The summed E-state index contributed by atoms with van der Waals surface area (Å²) in [6.07, 6.45) is 12.4. The third-order valence-electron chi connectivity index (χ3n) is 4.17. The summed E-state index contributed by atoms with van der Waals surface area (Å²) in [6, 6.07) is 8.56. The van der Waals surface area contributed by atoms with Crippen LogP contribution in [0.2, 0.25) is 0 Å². The van der Waals surface area contributed by atoms with Gasteiger partial charge in [0, 0.05) is 5.75 Å². The minimum absolute atomic E-state index is 0. The second-order valence-corrected chi connectivity index (χ2v) is 7.93. The van der Waals surface area contributed by atoms with Gasteiger partial charge >= 0.3 is 29.6 Å². The summed E-state index contributed by atoms with van der Waals surface area (Å²) in [7, 11) is -4.06. The zero-order valence-corrected chi connectivity index (χ0v) is 18.2. The van der Waals surface area contributed by atoms with E-state index in [1.54, 1.807) is 0 Å². The molecule has 0 heterocycles. The van der Waals surface area contributed by atoms with Gasteiger partial charge in [0.25, 0.3) is 0 Å². The molecule has 0 atom stereocenters. The van der Waals surface area contributed by atoms with Crippen molar-refractivity contribution in [3.05, 3.63) is 35.4 Å². The molecule has 0 bridgehead atoms. The first-order valence-corrected chi connectivity index (χ1v) is 10.6. The first-order valence-electron chi connectivity index (χ1n) is 9.02. The molecule has 5 heteroatoms. The van der Waals surface area contributed by atoms with Crippen LogP contribution < -0.4 is 29.6 Å². The van der Waals surface area contributed by atoms with E-state index in [1.807, 2.05) is 0 Å². The van der Waals surface area contributed by atoms with Gasteiger partial charge in [0.05, 0.1) is 10.1 Å². The maximum Gasteiger partial charge on any atom is 1.00 e. The van der Waals surface area contributed by atoms with Crippen LogP contribution >= 0.6 is 0 Å². The van der Waals surface area contributed by atoms with Crippen LogP contribution in [0.5, 0.6) is 0 Å². The van der Waals surface area contributed by atoms with Crippen molar-refractivity contribution in [3.63, 3.8) is 0 Å². The third kappa shape index (κ3) is 13.4. The van der Waals surface area contributed by atoms with Crippen LogP contribution in [0.15, 0.2) is 24.3 Å². The SMILES string of the molecule is CCCCCCCCCc1cccc(CCCCS(=O)(=O)[O-])c1.[Na+]. The van der Waals surface area contributed by atoms with E-state index < -0.39 is 10.1 Å². The summed E-state index contributed by atoms with van der Waals surface area (Å²) in [6.45, 7) is 2.24. The molecule has 0 aliphatic carbocycles. The zero-order chi connectivity index (χ0) is 17.0. The van der Waals surface area contributed by atoms with Crippen molar-refractivity contribution in [3.8, 4) is 0 Å². The molecule has 0 aliphatic rings. The molecule has 0 aromatic heterocycles. The second kappa shape index (κ2) is 14.3. The fourth-order valence-electron chi connectivity index (χ4n) is 2.83. The summed E-state index contributed by atoms with van der Waals surface area (Å²) in [5.74, 6) is -0.245. The molecule has 0 saturated carbocycles. The molecule has 0 amide bonds. The Morgan fingerprint density at radius 1 is 0.833 bits per heavy atom. The number of hydrogen-bond acceptors (Lipinski definition) is 3. The average molecular weight is 363 g/mol. The van der Waals surface area contributed by atoms with Crippen molar-refractivity contribution >= 4 is 10.1 Å².